The Balaban J connectivity index is 1.81. The first-order valence-corrected chi connectivity index (χ1v) is 6.25. The number of hydrogen-bond acceptors (Lipinski definition) is 2. The van der Waals surface area contributed by atoms with E-state index in [-0.39, 0.29) is 0 Å². The highest BCUT2D eigenvalue weighted by atomic mass is 16.5. The van der Waals surface area contributed by atoms with Gasteiger partial charge in [-0.15, -0.1) is 0 Å². The molecule has 0 aromatic heterocycles. The molecular weight excluding hydrogens is 174 g/mol. The molecule has 0 aromatic carbocycles. The summed E-state index contributed by atoms with van der Waals surface area (Å²) >= 11 is 0. The Morgan fingerprint density at radius 3 is 2.29 bits per heavy atom. The molecule has 0 amide bonds. The van der Waals surface area contributed by atoms with Gasteiger partial charge in [0.05, 0.1) is 0 Å². The maximum atomic E-state index is 5.43. The highest BCUT2D eigenvalue weighted by molar-refractivity contribution is 4.89. The lowest BCUT2D eigenvalue weighted by Gasteiger charge is -2.34. The zero-order valence-corrected chi connectivity index (χ0v) is 9.37. The predicted octanol–water partition coefficient (Wildman–Crippen LogP) is 2.43. The molecule has 2 fully saturated rings. The van der Waals surface area contributed by atoms with E-state index in [2.05, 4.69) is 11.8 Å². The van der Waals surface area contributed by atoms with Crippen LogP contribution in [0.2, 0.25) is 0 Å². The molecule has 1 saturated heterocycles. The molecule has 14 heavy (non-hydrogen) atoms. The molecule has 0 unspecified atom stereocenters. The molecule has 82 valence electrons. The van der Waals surface area contributed by atoms with Crippen molar-refractivity contribution in [3.63, 3.8) is 0 Å². The molecule has 1 aliphatic carbocycles. The quantitative estimate of drug-likeness (QED) is 0.671. The number of unbranched alkanes of at least 4 members (excludes halogenated alkanes) is 1. The summed E-state index contributed by atoms with van der Waals surface area (Å²) in [7, 11) is 0. The van der Waals surface area contributed by atoms with Crippen LogP contribution in [-0.4, -0.2) is 36.7 Å². The lowest BCUT2D eigenvalue weighted by molar-refractivity contribution is 0.0303. The van der Waals surface area contributed by atoms with Crippen LogP contribution in [0.3, 0.4) is 0 Å². The van der Waals surface area contributed by atoms with Crippen molar-refractivity contribution in [1.82, 2.24) is 4.90 Å². The van der Waals surface area contributed by atoms with Crippen LogP contribution in [-0.2, 0) is 4.74 Å². The highest BCUT2D eigenvalue weighted by Gasteiger charge is 2.33. The summed E-state index contributed by atoms with van der Waals surface area (Å²) in [6.07, 6.45) is 8.11. The SMILES string of the molecule is CCCCN(C1CCOCC1)C1CC1. The van der Waals surface area contributed by atoms with E-state index in [9.17, 15) is 0 Å². The predicted molar refractivity (Wildman–Crippen MR) is 58.5 cm³/mol. The molecule has 0 spiro atoms. The second-order valence-corrected chi connectivity index (χ2v) is 4.67. The van der Waals surface area contributed by atoms with Crippen molar-refractivity contribution in [2.75, 3.05) is 19.8 Å². The van der Waals surface area contributed by atoms with E-state index in [4.69, 9.17) is 4.74 Å². The van der Waals surface area contributed by atoms with Crippen molar-refractivity contribution in [2.24, 2.45) is 0 Å². The molecule has 0 atom stereocenters. The van der Waals surface area contributed by atoms with Gasteiger partial charge in [0.2, 0.25) is 0 Å². The van der Waals surface area contributed by atoms with Crippen molar-refractivity contribution in [3.05, 3.63) is 0 Å². The van der Waals surface area contributed by atoms with Gasteiger partial charge in [0, 0.05) is 25.3 Å². The van der Waals surface area contributed by atoms with Crippen LogP contribution in [0.25, 0.3) is 0 Å². The third-order valence-electron chi connectivity index (χ3n) is 3.45. The van der Waals surface area contributed by atoms with Gasteiger partial charge in [0.1, 0.15) is 0 Å². The largest absolute Gasteiger partial charge is 0.381 e. The molecule has 0 bridgehead atoms. The summed E-state index contributed by atoms with van der Waals surface area (Å²) in [4.78, 5) is 2.77. The van der Waals surface area contributed by atoms with Crippen molar-refractivity contribution < 1.29 is 4.74 Å². The third kappa shape index (κ3) is 2.71. The minimum atomic E-state index is 0.836. The Kier molecular flexibility index (Phi) is 3.82. The molecular formula is C12H23NO. The smallest absolute Gasteiger partial charge is 0.0480 e. The van der Waals surface area contributed by atoms with Crippen LogP contribution < -0.4 is 0 Å². The van der Waals surface area contributed by atoms with Crippen molar-refractivity contribution in [3.8, 4) is 0 Å². The first-order chi connectivity index (χ1) is 6.92. The summed E-state index contributed by atoms with van der Waals surface area (Å²) in [5.74, 6) is 0. The molecule has 2 rings (SSSR count). The summed E-state index contributed by atoms with van der Waals surface area (Å²) in [5.41, 5.74) is 0. The second-order valence-electron chi connectivity index (χ2n) is 4.67. The lowest BCUT2D eigenvalue weighted by Crippen LogP contribution is -2.41. The van der Waals surface area contributed by atoms with Gasteiger partial charge in [0.15, 0.2) is 0 Å². The molecule has 2 nitrogen and oxygen atoms in total. The van der Waals surface area contributed by atoms with Crippen molar-refractivity contribution >= 4 is 0 Å². The summed E-state index contributed by atoms with van der Waals surface area (Å²) in [5, 5.41) is 0. The van der Waals surface area contributed by atoms with Crippen LogP contribution in [0.1, 0.15) is 45.4 Å². The van der Waals surface area contributed by atoms with Crippen LogP contribution in [0, 0.1) is 0 Å². The first kappa shape index (κ1) is 10.4. The van der Waals surface area contributed by atoms with Gasteiger partial charge >= 0.3 is 0 Å². The Morgan fingerprint density at radius 2 is 1.71 bits per heavy atom. The van der Waals surface area contributed by atoms with E-state index in [0.29, 0.717) is 0 Å². The topological polar surface area (TPSA) is 12.5 Å². The monoisotopic (exact) mass is 197 g/mol. The maximum absolute atomic E-state index is 5.43. The van der Waals surface area contributed by atoms with Crippen LogP contribution >= 0.6 is 0 Å². The molecule has 1 aliphatic heterocycles. The van der Waals surface area contributed by atoms with E-state index in [1.54, 1.807) is 0 Å². The van der Waals surface area contributed by atoms with E-state index >= 15 is 0 Å². The molecule has 1 heterocycles. The van der Waals surface area contributed by atoms with Gasteiger partial charge in [-0.1, -0.05) is 13.3 Å². The van der Waals surface area contributed by atoms with E-state index in [0.717, 1.165) is 25.3 Å². The molecule has 1 saturated carbocycles. The molecule has 0 N–H and O–H groups in total. The van der Waals surface area contributed by atoms with Gasteiger partial charge in [-0.05, 0) is 38.6 Å². The van der Waals surface area contributed by atoms with Gasteiger partial charge in [-0.25, -0.2) is 0 Å². The zero-order chi connectivity index (χ0) is 9.80. The summed E-state index contributed by atoms with van der Waals surface area (Å²) in [6, 6.07) is 1.77. The summed E-state index contributed by atoms with van der Waals surface area (Å²) < 4.78 is 5.43. The van der Waals surface area contributed by atoms with E-state index in [1.807, 2.05) is 0 Å². The minimum absolute atomic E-state index is 0.836. The fourth-order valence-electron chi connectivity index (χ4n) is 2.43. The fourth-order valence-corrected chi connectivity index (χ4v) is 2.43. The number of nitrogens with zero attached hydrogens (tertiary/aromatic N) is 1. The van der Waals surface area contributed by atoms with E-state index in [1.165, 1.54) is 45.1 Å². The Hall–Kier alpha value is -0.0800. The highest BCUT2D eigenvalue weighted by Crippen LogP contribution is 2.31. The Bertz CT molecular complexity index is 162. The summed E-state index contributed by atoms with van der Waals surface area (Å²) in [6.45, 7) is 5.58. The lowest BCUT2D eigenvalue weighted by atomic mass is 10.1. The molecule has 2 aliphatic rings. The molecule has 0 radical (unpaired) electrons. The van der Waals surface area contributed by atoms with Gasteiger partial charge in [-0.2, -0.15) is 0 Å². The average molecular weight is 197 g/mol. The molecule has 2 heteroatoms. The maximum Gasteiger partial charge on any atom is 0.0480 e. The van der Waals surface area contributed by atoms with Gasteiger partial charge < -0.3 is 4.74 Å². The standard InChI is InChI=1S/C12H23NO/c1-2-3-8-13(11-4-5-11)12-6-9-14-10-7-12/h11-12H,2-10H2,1H3. The van der Waals surface area contributed by atoms with Gasteiger partial charge in [0.25, 0.3) is 0 Å². The first-order valence-electron chi connectivity index (χ1n) is 6.25. The second kappa shape index (κ2) is 5.13. The average Bonchev–Trinajstić information content (AvgIpc) is 3.04. The van der Waals surface area contributed by atoms with Crippen molar-refractivity contribution in [2.45, 2.75) is 57.5 Å². The zero-order valence-electron chi connectivity index (χ0n) is 9.37. The van der Waals surface area contributed by atoms with Crippen LogP contribution in [0.5, 0.6) is 0 Å². The molecule has 0 aromatic rings. The van der Waals surface area contributed by atoms with E-state index < -0.39 is 0 Å². The third-order valence-corrected chi connectivity index (χ3v) is 3.45. The fraction of sp³-hybridized carbons (Fsp3) is 1.00. The van der Waals surface area contributed by atoms with Crippen LogP contribution in [0.4, 0.5) is 0 Å². The number of hydrogen-bond donors (Lipinski definition) is 0. The van der Waals surface area contributed by atoms with Crippen LogP contribution in [0.15, 0.2) is 0 Å². The number of ether oxygens (including phenoxy) is 1. The number of rotatable bonds is 5. The van der Waals surface area contributed by atoms with Crippen molar-refractivity contribution in [1.29, 1.82) is 0 Å². The Labute approximate surface area is 87.6 Å². The normalized spacial score (nSPS) is 24.4. The minimum Gasteiger partial charge on any atom is -0.381 e. The Morgan fingerprint density at radius 1 is 1.07 bits per heavy atom. The van der Waals surface area contributed by atoms with Gasteiger partial charge in [-0.3, -0.25) is 4.90 Å².